The summed E-state index contributed by atoms with van der Waals surface area (Å²) >= 11 is 0. The molecule has 2 aromatic rings. The van der Waals surface area contributed by atoms with E-state index in [1.807, 2.05) is 10.9 Å². The van der Waals surface area contributed by atoms with Crippen molar-refractivity contribution in [2.45, 2.75) is 46.3 Å². The van der Waals surface area contributed by atoms with Crippen LogP contribution < -0.4 is 5.32 Å². The largest absolute Gasteiger partial charge is 0.304 e. The Morgan fingerprint density at radius 1 is 1.16 bits per heavy atom. The molecule has 2 rings (SSSR count). The molecule has 1 aromatic carbocycles. The van der Waals surface area contributed by atoms with Crippen molar-refractivity contribution >= 4 is 0 Å². The van der Waals surface area contributed by atoms with E-state index >= 15 is 0 Å². The highest BCUT2D eigenvalue weighted by atomic mass is 15.3. The van der Waals surface area contributed by atoms with Gasteiger partial charge in [-0.05, 0) is 44.9 Å². The number of hydrogen-bond acceptors (Lipinski definition) is 2. The molecule has 19 heavy (non-hydrogen) atoms. The van der Waals surface area contributed by atoms with Gasteiger partial charge in [0, 0.05) is 24.8 Å². The zero-order valence-corrected chi connectivity index (χ0v) is 12.2. The first-order valence-electron chi connectivity index (χ1n) is 6.91. The van der Waals surface area contributed by atoms with Crippen molar-refractivity contribution in [3.05, 3.63) is 53.3 Å². The summed E-state index contributed by atoms with van der Waals surface area (Å²) < 4.78 is 2.00. The fraction of sp³-hybridized carbons (Fsp3) is 0.438. The van der Waals surface area contributed by atoms with Crippen LogP contribution in [0.5, 0.6) is 0 Å². The van der Waals surface area contributed by atoms with Crippen molar-refractivity contribution in [3.8, 4) is 0 Å². The average Bonchev–Trinajstić information content (AvgIpc) is 2.85. The summed E-state index contributed by atoms with van der Waals surface area (Å²) in [7, 11) is 0. The minimum atomic E-state index is 0.338. The van der Waals surface area contributed by atoms with E-state index in [1.54, 1.807) is 0 Å². The van der Waals surface area contributed by atoms with E-state index in [1.165, 1.54) is 11.1 Å². The lowest BCUT2D eigenvalue weighted by Gasteiger charge is -2.15. The molecule has 3 heteroatoms. The summed E-state index contributed by atoms with van der Waals surface area (Å²) in [5.74, 6) is 0. The molecule has 102 valence electrons. The molecule has 1 aromatic heterocycles. The van der Waals surface area contributed by atoms with Crippen LogP contribution in [0.4, 0.5) is 0 Å². The lowest BCUT2D eigenvalue weighted by Crippen LogP contribution is -2.19. The predicted octanol–water partition coefficient (Wildman–Crippen LogP) is 3.62. The molecule has 0 unspecified atom stereocenters. The number of nitrogens with zero attached hydrogens (tertiary/aromatic N) is 2. The molecule has 0 aliphatic carbocycles. The Hall–Kier alpha value is -1.61. The maximum Gasteiger partial charge on any atom is 0.0762 e. The van der Waals surface area contributed by atoms with Crippen LogP contribution in [0.25, 0.3) is 0 Å². The van der Waals surface area contributed by atoms with Gasteiger partial charge in [0.2, 0.25) is 0 Å². The van der Waals surface area contributed by atoms with Gasteiger partial charge < -0.3 is 5.32 Å². The summed E-state index contributed by atoms with van der Waals surface area (Å²) in [4.78, 5) is 0. The van der Waals surface area contributed by atoms with Gasteiger partial charge in [0.1, 0.15) is 0 Å². The van der Waals surface area contributed by atoms with E-state index in [4.69, 9.17) is 0 Å². The summed E-state index contributed by atoms with van der Waals surface area (Å²) in [5, 5.41) is 8.08. The molecular weight excluding hydrogens is 234 g/mol. The van der Waals surface area contributed by atoms with Gasteiger partial charge in [-0.1, -0.05) is 24.3 Å². The fourth-order valence-corrected chi connectivity index (χ4v) is 2.20. The SMILES string of the molecule is Cc1ccccc1[C@H](C)NCc1ccn(C(C)C)n1. The number of nitrogens with one attached hydrogen (secondary N) is 1. The minimum Gasteiger partial charge on any atom is -0.304 e. The Kier molecular flexibility index (Phi) is 4.38. The topological polar surface area (TPSA) is 29.9 Å². The summed E-state index contributed by atoms with van der Waals surface area (Å²) in [6.45, 7) is 9.43. The van der Waals surface area contributed by atoms with E-state index in [0.29, 0.717) is 12.1 Å². The standard InChI is InChI=1S/C16H23N3/c1-12(2)19-10-9-15(18-19)11-17-14(4)16-8-6-5-7-13(16)3/h5-10,12,14,17H,11H2,1-4H3/t14-/m0/s1. The Morgan fingerprint density at radius 3 is 2.53 bits per heavy atom. The third kappa shape index (κ3) is 3.44. The first-order valence-corrected chi connectivity index (χ1v) is 6.91. The Bertz CT molecular complexity index is 528. The molecular formula is C16H23N3. The van der Waals surface area contributed by atoms with E-state index in [0.717, 1.165) is 12.2 Å². The molecule has 0 saturated heterocycles. The van der Waals surface area contributed by atoms with Crippen LogP contribution in [0.1, 0.15) is 49.7 Å². The molecule has 0 saturated carbocycles. The van der Waals surface area contributed by atoms with E-state index in [9.17, 15) is 0 Å². The molecule has 0 aliphatic rings. The van der Waals surface area contributed by atoms with E-state index in [-0.39, 0.29) is 0 Å². The van der Waals surface area contributed by atoms with Gasteiger partial charge in [0.05, 0.1) is 5.69 Å². The van der Waals surface area contributed by atoms with Crippen LogP contribution >= 0.6 is 0 Å². The normalized spacial score (nSPS) is 12.9. The maximum atomic E-state index is 4.55. The van der Waals surface area contributed by atoms with Crippen molar-refractivity contribution < 1.29 is 0 Å². The van der Waals surface area contributed by atoms with Crippen molar-refractivity contribution in [2.24, 2.45) is 0 Å². The van der Waals surface area contributed by atoms with Crippen LogP contribution in [0.3, 0.4) is 0 Å². The quantitative estimate of drug-likeness (QED) is 0.886. The number of aromatic nitrogens is 2. The second-order valence-electron chi connectivity index (χ2n) is 5.34. The van der Waals surface area contributed by atoms with Crippen LogP contribution in [-0.4, -0.2) is 9.78 Å². The van der Waals surface area contributed by atoms with Gasteiger partial charge in [-0.2, -0.15) is 5.10 Å². The van der Waals surface area contributed by atoms with Gasteiger partial charge in [-0.3, -0.25) is 4.68 Å². The molecule has 1 N–H and O–H groups in total. The highest BCUT2D eigenvalue weighted by Gasteiger charge is 2.08. The van der Waals surface area contributed by atoms with Crippen LogP contribution in [0.15, 0.2) is 36.5 Å². The summed E-state index contributed by atoms with van der Waals surface area (Å²) in [6, 6.07) is 11.3. The molecule has 0 aliphatic heterocycles. The fourth-order valence-electron chi connectivity index (χ4n) is 2.20. The number of hydrogen-bond donors (Lipinski definition) is 1. The van der Waals surface area contributed by atoms with Gasteiger partial charge in [0.15, 0.2) is 0 Å². The molecule has 0 spiro atoms. The van der Waals surface area contributed by atoms with Crippen LogP contribution in [0.2, 0.25) is 0 Å². The maximum absolute atomic E-state index is 4.55. The molecule has 3 nitrogen and oxygen atoms in total. The molecule has 1 atom stereocenters. The number of aryl methyl sites for hydroxylation is 1. The van der Waals surface area contributed by atoms with E-state index < -0.39 is 0 Å². The molecule has 0 radical (unpaired) electrons. The van der Waals surface area contributed by atoms with Gasteiger partial charge in [0.25, 0.3) is 0 Å². The van der Waals surface area contributed by atoms with Crippen molar-refractivity contribution in [2.75, 3.05) is 0 Å². The van der Waals surface area contributed by atoms with Gasteiger partial charge in [-0.25, -0.2) is 0 Å². The van der Waals surface area contributed by atoms with Crippen molar-refractivity contribution in [1.29, 1.82) is 0 Å². The van der Waals surface area contributed by atoms with Crippen molar-refractivity contribution in [3.63, 3.8) is 0 Å². The van der Waals surface area contributed by atoms with Crippen LogP contribution in [-0.2, 0) is 6.54 Å². The second-order valence-corrected chi connectivity index (χ2v) is 5.34. The summed E-state index contributed by atoms with van der Waals surface area (Å²) in [5.41, 5.74) is 3.77. The number of rotatable bonds is 5. The molecule has 0 amide bonds. The number of benzene rings is 1. The summed E-state index contributed by atoms with van der Waals surface area (Å²) in [6.07, 6.45) is 2.04. The Balaban J connectivity index is 1.96. The highest BCUT2D eigenvalue weighted by Crippen LogP contribution is 2.17. The lowest BCUT2D eigenvalue weighted by molar-refractivity contribution is 0.511. The monoisotopic (exact) mass is 257 g/mol. The smallest absolute Gasteiger partial charge is 0.0762 e. The van der Waals surface area contributed by atoms with E-state index in [2.05, 4.69) is 68.4 Å². The Labute approximate surface area is 115 Å². The second kappa shape index (κ2) is 6.02. The minimum absolute atomic E-state index is 0.338. The van der Waals surface area contributed by atoms with Gasteiger partial charge >= 0.3 is 0 Å². The van der Waals surface area contributed by atoms with Crippen LogP contribution in [0, 0.1) is 6.92 Å². The zero-order valence-electron chi connectivity index (χ0n) is 12.2. The lowest BCUT2D eigenvalue weighted by atomic mass is 10.0. The molecule has 1 heterocycles. The predicted molar refractivity (Wildman–Crippen MR) is 79.0 cm³/mol. The first-order chi connectivity index (χ1) is 9.08. The third-order valence-corrected chi connectivity index (χ3v) is 3.44. The first kappa shape index (κ1) is 13.8. The van der Waals surface area contributed by atoms with Crippen molar-refractivity contribution in [1.82, 2.24) is 15.1 Å². The average molecular weight is 257 g/mol. The highest BCUT2D eigenvalue weighted by molar-refractivity contribution is 5.28. The van der Waals surface area contributed by atoms with Gasteiger partial charge in [-0.15, -0.1) is 0 Å². The molecule has 0 fully saturated rings. The third-order valence-electron chi connectivity index (χ3n) is 3.44. The Morgan fingerprint density at radius 2 is 1.89 bits per heavy atom. The molecule has 0 bridgehead atoms. The zero-order chi connectivity index (χ0) is 13.8.